The zero-order chi connectivity index (χ0) is 14.0. The van der Waals surface area contributed by atoms with E-state index in [0.29, 0.717) is 5.56 Å². The van der Waals surface area contributed by atoms with Gasteiger partial charge in [0.25, 0.3) is 0 Å². The minimum absolute atomic E-state index is 0.0165. The quantitative estimate of drug-likeness (QED) is 0.772. The number of nitrogens with zero attached hydrogens (tertiary/aromatic N) is 1. The van der Waals surface area contributed by atoms with Gasteiger partial charge in [-0.15, -0.1) is 0 Å². The summed E-state index contributed by atoms with van der Waals surface area (Å²) < 4.78 is 13.7. The highest BCUT2D eigenvalue weighted by molar-refractivity contribution is 9.10. The number of carbonyl (C=O) groups excluding carboxylic acids is 1. The van der Waals surface area contributed by atoms with Gasteiger partial charge < -0.3 is 4.90 Å². The average molecular weight is 322 g/mol. The summed E-state index contributed by atoms with van der Waals surface area (Å²) in [5.74, 6) is -0.242. The lowest BCUT2D eigenvalue weighted by atomic mass is 10.1. The second-order valence-electron chi connectivity index (χ2n) is 4.26. The number of benzene rings is 2. The highest BCUT2D eigenvalue weighted by Gasteiger charge is 2.09. The second-order valence-corrected chi connectivity index (χ2v) is 5.11. The molecule has 0 bridgehead atoms. The standard InChI is InChI=1S/C15H13BrFNO/c1-10(19)14-8-7-13(9-15(14)16)18(2)12-5-3-11(17)4-6-12/h3-9H,1-2H3. The number of hydrogen-bond acceptors (Lipinski definition) is 2. The van der Waals surface area contributed by atoms with Crippen LogP contribution in [0.25, 0.3) is 0 Å². The maximum Gasteiger partial charge on any atom is 0.160 e. The summed E-state index contributed by atoms with van der Waals surface area (Å²) in [5, 5.41) is 0. The van der Waals surface area contributed by atoms with Gasteiger partial charge in [-0.05, 0) is 65.3 Å². The summed E-state index contributed by atoms with van der Waals surface area (Å²) in [4.78, 5) is 13.3. The third-order valence-corrected chi connectivity index (χ3v) is 3.59. The fourth-order valence-electron chi connectivity index (χ4n) is 1.81. The van der Waals surface area contributed by atoms with Gasteiger partial charge in [0, 0.05) is 28.5 Å². The Balaban J connectivity index is 2.34. The van der Waals surface area contributed by atoms with Crippen LogP contribution in [0.15, 0.2) is 46.9 Å². The van der Waals surface area contributed by atoms with E-state index in [-0.39, 0.29) is 11.6 Å². The fraction of sp³-hybridized carbons (Fsp3) is 0.133. The molecule has 0 N–H and O–H groups in total. The molecule has 0 saturated heterocycles. The van der Waals surface area contributed by atoms with Crippen molar-refractivity contribution in [3.8, 4) is 0 Å². The first-order chi connectivity index (χ1) is 8.99. The molecule has 0 amide bonds. The minimum Gasteiger partial charge on any atom is -0.345 e. The average Bonchev–Trinajstić information content (AvgIpc) is 2.38. The van der Waals surface area contributed by atoms with Crippen LogP contribution < -0.4 is 4.90 Å². The Morgan fingerprint density at radius 2 is 1.68 bits per heavy atom. The van der Waals surface area contributed by atoms with E-state index in [4.69, 9.17) is 0 Å². The number of halogens is 2. The van der Waals surface area contributed by atoms with Crippen LogP contribution in [0, 0.1) is 5.82 Å². The lowest BCUT2D eigenvalue weighted by molar-refractivity contribution is 0.101. The highest BCUT2D eigenvalue weighted by Crippen LogP contribution is 2.28. The van der Waals surface area contributed by atoms with Crippen LogP contribution >= 0.6 is 15.9 Å². The number of ketones is 1. The van der Waals surface area contributed by atoms with Gasteiger partial charge >= 0.3 is 0 Å². The van der Waals surface area contributed by atoms with Crippen molar-refractivity contribution in [3.05, 3.63) is 58.3 Å². The number of rotatable bonds is 3. The van der Waals surface area contributed by atoms with Crippen LogP contribution in [-0.4, -0.2) is 12.8 Å². The normalized spacial score (nSPS) is 10.3. The molecule has 2 aromatic rings. The summed E-state index contributed by atoms with van der Waals surface area (Å²) in [5.41, 5.74) is 2.45. The van der Waals surface area contributed by atoms with Crippen molar-refractivity contribution in [1.29, 1.82) is 0 Å². The van der Waals surface area contributed by atoms with Crippen molar-refractivity contribution in [3.63, 3.8) is 0 Å². The first-order valence-electron chi connectivity index (χ1n) is 5.79. The SMILES string of the molecule is CC(=O)c1ccc(N(C)c2ccc(F)cc2)cc1Br. The van der Waals surface area contributed by atoms with E-state index >= 15 is 0 Å². The zero-order valence-electron chi connectivity index (χ0n) is 10.7. The van der Waals surface area contributed by atoms with Crippen LogP contribution in [0.4, 0.5) is 15.8 Å². The van der Waals surface area contributed by atoms with Gasteiger partial charge in [-0.1, -0.05) is 0 Å². The van der Waals surface area contributed by atoms with Gasteiger partial charge in [-0.2, -0.15) is 0 Å². The number of Topliss-reactive ketones (excluding diaryl/α,β-unsaturated/α-hetero) is 1. The van der Waals surface area contributed by atoms with E-state index in [0.717, 1.165) is 15.8 Å². The molecule has 19 heavy (non-hydrogen) atoms. The van der Waals surface area contributed by atoms with E-state index in [2.05, 4.69) is 15.9 Å². The summed E-state index contributed by atoms with van der Waals surface area (Å²) in [7, 11) is 1.89. The topological polar surface area (TPSA) is 20.3 Å². The fourth-order valence-corrected chi connectivity index (χ4v) is 2.46. The molecule has 0 unspecified atom stereocenters. The predicted molar refractivity (Wildman–Crippen MR) is 78.6 cm³/mol. The Morgan fingerprint density at radius 3 is 2.21 bits per heavy atom. The van der Waals surface area contributed by atoms with Gasteiger partial charge in [0.2, 0.25) is 0 Å². The molecule has 2 rings (SSSR count). The Hall–Kier alpha value is -1.68. The maximum atomic E-state index is 12.9. The van der Waals surface area contributed by atoms with Gasteiger partial charge in [0.1, 0.15) is 5.82 Å². The molecule has 0 aliphatic heterocycles. The molecule has 0 radical (unpaired) electrons. The maximum absolute atomic E-state index is 12.9. The summed E-state index contributed by atoms with van der Waals surface area (Å²) >= 11 is 3.39. The van der Waals surface area contributed by atoms with Gasteiger partial charge in [-0.3, -0.25) is 4.79 Å². The first kappa shape index (κ1) is 13.7. The predicted octanol–water partition coefficient (Wildman–Crippen LogP) is 4.56. The Bertz CT molecular complexity index is 610. The molecule has 0 saturated carbocycles. The van der Waals surface area contributed by atoms with Crippen LogP contribution in [-0.2, 0) is 0 Å². The third kappa shape index (κ3) is 3.01. The molecule has 2 nitrogen and oxygen atoms in total. The number of anilines is 2. The van der Waals surface area contributed by atoms with E-state index in [1.807, 2.05) is 24.1 Å². The van der Waals surface area contributed by atoms with E-state index in [1.54, 1.807) is 18.2 Å². The van der Waals surface area contributed by atoms with Crippen LogP contribution in [0.1, 0.15) is 17.3 Å². The highest BCUT2D eigenvalue weighted by atomic mass is 79.9. The van der Waals surface area contributed by atoms with E-state index < -0.39 is 0 Å². The minimum atomic E-state index is -0.259. The molecular weight excluding hydrogens is 309 g/mol. The summed E-state index contributed by atoms with van der Waals surface area (Å²) in [6.45, 7) is 1.53. The Labute approximate surface area is 120 Å². The number of carbonyl (C=O) groups is 1. The first-order valence-corrected chi connectivity index (χ1v) is 6.58. The molecule has 2 aromatic carbocycles. The molecule has 0 aliphatic rings. The molecule has 0 aliphatic carbocycles. The third-order valence-electron chi connectivity index (χ3n) is 2.93. The summed E-state index contributed by atoms with van der Waals surface area (Å²) in [6, 6.07) is 11.8. The zero-order valence-corrected chi connectivity index (χ0v) is 12.2. The monoisotopic (exact) mass is 321 g/mol. The molecule has 0 spiro atoms. The van der Waals surface area contributed by atoms with Gasteiger partial charge in [-0.25, -0.2) is 4.39 Å². The van der Waals surface area contributed by atoms with E-state index in [1.165, 1.54) is 19.1 Å². The van der Waals surface area contributed by atoms with Gasteiger partial charge in [0.15, 0.2) is 5.78 Å². The van der Waals surface area contributed by atoms with Crippen molar-refractivity contribution in [2.75, 3.05) is 11.9 Å². The second kappa shape index (κ2) is 5.53. The van der Waals surface area contributed by atoms with Crippen molar-refractivity contribution in [1.82, 2.24) is 0 Å². The van der Waals surface area contributed by atoms with Crippen molar-refractivity contribution in [2.45, 2.75) is 6.92 Å². The molecule has 0 aromatic heterocycles. The molecular formula is C15H13BrFNO. The molecule has 0 fully saturated rings. The van der Waals surface area contributed by atoms with Crippen LogP contribution in [0.5, 0.6) is 0 Å². The van der Waals surface area contributed by atoms with Crippen molar-refractivity contribution >= 4 is 33.1 Å². The summed E-state index contributed by atoms with van der Waals surface area (Å²) in [6.07, 6.45) is 0. The molecule has 98 valence electrons. The lowest BCUT2D eigenvalue weighted by Gasteiger charge is -2.20. The van der Waals surface area contributed by atoms with Crippen molar-refractivity contribution in [2.24, 2.45) is 0 Å². The molecule has 0 atom stereocenters. The lowest BCUT2D eigenvalue weighted by Crippen LogP contribution is -2.09. The Morgan fingerprint density at radius 1 is 1.11 bits per heavy atom. The largest absolute Gasteiger partial charge is 0.345 e. The van der Waals surface area contributed by atoms with Gasteiger partial charge in [0.05, 0.1) is 0 Å². The molecule has 4 heteroatoms. The molecule has 0 heterocycles. The van der Waals surface area contributed by atoms with Crippen LogP contribution in [0.3, 0.4) is 0 Å². The smallest absolute Gasteiger partial charge is 0.160 e. The Kier molecular flexibility index (Phi) is 4.00. The van der Waals surface area contributed by atoms with Crippen molar-refractivity contribution < 1.29 is 9.18 Å². The number of hydrogen-bond donors (Lipinski definition) is 0. The van der Waals surface area contributed by atoms with Crippen LogP contribution in [0.2, 0.25) is 0 Å². The van der Waals surface area contributed by atoms with E-state index in [9.17, 15) is 9.18 Å².